The molecule has 0 saturated heterocycles. The van der Waals surface area contributed by atoms with E-state index in [1.54, 1.807) is 38.1 Å². The Hall–Kier alpha value is -2.54. The van der Waals surface area contributed by atoms with Gasteiger partial charge < -0.3 is 5.32 Å². The Morgan fingerprint density at radius 2 is 1.67 bits per heavy atom. The first-order valence-corrected chi connectivity index (χ1v) is 8.06. The molecule has 2 N–H and O–H groups in total. The van der Waals surface area contributed by atoms with Crippen molar-refractivity contribution in [1.29, 1.82) is 0 Å². The molecule has 0 saturated carbocycles. The monoisotopic (exact) mass is 348 g/mol. The van der Waals surface area contributed by atoms with Gasteiger partial charge in [0.05, 0.1) is 11.6 Å². The van der Waals surface area contributed by atoms with Crippen LogP contribution in [0, 0.1) is 0 Å². The zero-order valence-corrected chi connectivity index (χ0v) is 14.1. The molecule has 2 aromatic rings. The lowest BCUT2D eigenvalue weighted by molar-refractivity contribution is 0.248. The summed E-state index contributed by atoms with van der Waals surface area (Å²) in [5.41, 5.74) is 0.229. The maximum atomic E-state index is 12.8. The SMILES string of the molecule is CCn1c2c(c(=O)n(CC)c1=O)C(c1ccc(Cl)cc1)NC(=O)N2. The number of carbonyl (C=O) groups is 1. The van der Waals surface area contributed by atoms with Crippen LogP contribution in [0.5, 0.6) is 0 Å². The number of hydrogen-bond donors (Lipinski definition) is 2. The van der Waals surface area contributed by atoms with E-state index in [2.05, 4.69) is 10.6 Å². The summed E-state index contributed by atoms with van der Waals surface area (Å²) in [5.74, 6) is 0.251. The van der Waals surface area contributed by atoms with Crippen LogP contribution in [0.1, 0.15) is 31.0 Å². The molecule has 1 aliphatic rings. The molecule has 1 aliphatic heterocycles. The van der Waals surface area contributed by atoms with Gasteiger partial charge in [-0.1, -0.05) is 23.7 Å². The molecule has 0 spiro atoms. The van der Waals surface area contributed by atoms with Gasteiger partial charge in [0.2, 0.25) is 0 Å². The average Bonchev–Trinajstić information content (AvgIpc) is 2.55. The minimum absolute atomic E-state index is 0.251. The summed E-state index contributed by atoms with van der Waals surface area (Å²) < 4.78 is 2.58. The number of halogens is 1. The Bertz CT molecular complexity index is 915. The van der Waals surface area contributed by atoms with Gasteiger partial charge in [-0.25, -0.2) is 9.59 Å². The second-order valence-electron chi connectivity index (χ2n) is 5.42. The fourth-order valence-corrected chi connectivity index (χ4v) is 3.07. The van der Waals surface area contributed by atoms with E-state index < -0.39 is 23.3 Å². The Morgan fingerprint density at radius 1 is 1.04 bits per heavy atom. The maximum Gasteiger partial charge on any atom is 0.332 e. The molecule has 0 radical (unpaired) electrons. The number of nitrogens with zero attached hydrogens (tertiary/aromatic N) is 2. The summed E-state index contributed by atoms with van der Waals surface area (Å²) in [6.45, 7) is 4.13. The molecule has 1 aromatic carbocycles. The molecule has 0 fully saturated rings. The van der Waals surface area contributed by atoms with Crippen molar-refractivity contribution >= 4 is 23.4 Å². The summed E-state index contributed by atoms with van der Waals surface area (Å²) >= 11 is 5.92. The summed E-state index contributed by atoms with van der Waals surface area (Å²) in [6, 6.07) is 5.78. The molecule has 7 nitrogen and oxygen atoms in total. The van der Waals surface area contributed by atoms with E-state index in [9.17, 15) is 14.4 Å². The highest BCUT2D eigenvalue weighted by Crippen LogP contribution is 2.29. The number of urea groups is 1. The van der Waals surface area contributed by atoms with E-state index in [1.165, 1.54) is 9.13 Å². The van der Waals surface area contributed by atoms with E-state index >= 15 is 0 Å². The van der Waals surface area contributed by atoms with Crippen LogP contribution in [0.3, 0.4) is 0 Å². The van der Waals surface area contributed by atoms with Crippen LogP contribution in [0.4, 0.5) is 10.6 Å². The third-order valence-corrected chi connectivity index (χ3v) is 4.35. The normalized spacial score (nSPS) is 16.3. The molecule has 0 aliphatic carbocycles. The second kappa shape index (κ2) is 6.16. The van der Waals surface area contributed by atoms with E-state index in [1.807, 2.05) is 0 Å². The zero-order chi connectivity index (χ0) is 17.4. The molecule has 1 unspecified atom stereocenters. The van der Waals surface area contributed by atoms with E-state index in [-0.39, 0.29) is 12.4 Å². The first-order chi connectivity index (χ1) is 11.5. The highest BCUT2D eigenvalue weighted by atomic mass is 35.5. The predicted molar refractivity (Wildman–Crippen MR) is 91.8 cm³/mol. The quantitative estimate of drug-likeness (QED) is 0.888. The fourth-order valence-electron chi connectivity index (χ4n) is 2.94. The molecule has 1 atom stereocenters. The first-order valence-electron chi connectivity index (χ1n) is 7.68. The van der Waals surface area contributed by atoms with Crippen LogP contribution in [0.15, 0.2) is 33.9 Å². The topological polar surface area (TPSA) is 85.1 Å². The molecule has 3 rings (SSSR count). The van der Waals surface area contributed by atoms with Gasteiger partial charge in [0.15, 0.2) is 0 Å². The standard InChI is InChI=1S/C16H17ClN4O3/c1-3-20-13-11(14(22)21(4-2)16(20)24)12(18-15(23)19-13)9-5-7-10(17)8-6-9/h5-8,12H,3-4H2,1-2H3,(H2,18,19,23). The number of carbonyl (C=O) groups excluding carboxylic acids is 1. The molecule has 0 bridgehead atoms. The maximum absolute atomic E-state index is 12.8. The Labute approximate surface area is 142 Å². The lowest BCUT2D eigenvalue weighted by atomic mass is 9.98. The van der Waals surface area contributed by atoms with E-state index in [4.69, 9.17) is 11.6 Å². The van der Waals surface area contributed by atoms with Crippen molar-refractivity contribution in [3.8, 4) is 0 Å². The van der Waals surface area contributed by atoms with Crippen LogP contribution < -0.4 is 21.9 Å². The molecule has 126 valence electrons. The van der Waals surface area contributed by atoms with Crippen molar-refractivity contribution in [3.05, 3.63) is 61.3 Å². The van der Waals surface area contributed by atoms with E-state index in [0.717, 1.165) is 5.56 Å². The number of benzene rings is 1. The summed E-state index contributed by atoms with van der Waals surface area (Å²) in [7, 11) is 0. The smallest absolute Gasteiger partial charge is 0.327 e. The lowest BCUT2D eigenvalue weighted by Gasteiger charge is -2.29. The fraction of sp³-hybridized carbons (Fsp3) is 0.312. The van der Waals surface area contributed by atoms with Gasteiger partial charge in [-0.05, 0) is 31.5 Å². The number of anilines is 1. The van der Waals surface area contributed by atoms with Crippen molar-refractivity contribution in [2.75, 3.05) is 5.32 Å². The number of aromatic nitrogens is 2. The van der Waals surface area contributed by atoms with Crippen molar-refractivity contribution < 1.29 is 4.79 Å². The summed E-state index contributed by atoms with van der Waals surface area (Å²) in [5, 5.41) is 5.91. The molecule has 2 heterocycles. The first kappa shape index (κ1) is 16.3. The van der Waals surface area contributed by atoms with Gasteiger partial charge in [0, 0.05) is 18.1 Å². The van der Waals surface area contributed by atoms with Crippen molar-refractivity contribution in [3.63, 3.8) is 0 Å². The van der Waals surface area contributed by atoms with Gasteiger partial charge >= 0.3 is 11.7 Å². The van der Waals surface area contributed by atoms with Gasteiger partial charge in [-0.3, -0.25) is 19.2 Å². The molecular weight excluding hydrogens is 332 g/mol. The number of hydrogen-bond acceptors (Lipinski definition) is 3. The molecule has 8 heteroatoms. The predicted octanol–water partition coefficient (Wildman–Crippen LogP) is 1.93. The number of rotatable bonds is 3. The number of nitrogens with one attached hydrogen (secondary N) is 2. The highest BCUT2D eigenvalue weighted by Gasteiger charge is 2.32. The minimum atomic E-state index is -0.644. The van der Waals surface area contributed by atoms with Crippen molar-refractivity contribution in [2.24, 2.45) is 0 Å². The zero-order valence-electron chi connectivity index (χ0n) is 13.3. The second-order valence-corrected chi connectivity index (χ2v) is 5.86. The van der Waals surface area contributed by atoms with Crippen molar-refractivity contribution in [1.82, 2.24) is 14.5 Å². The third-order valence-electron chi connectivity index (χ3n) is 4.09. The van der Waals surface area contributed by atoms with Crippen molar-refractivity contribution in [2.45, 2.75) is 33.0 Å². The summed E-state index contributed by atoms with van der Waals surface area (Å²) in [6.07, 6.45) is 0. The van der Waals surface area contributed by atoms with Crippen LogP contribution in [0.25, 0.3) is 0 Å². The Balaban J connectivity index is 2.32. The van der Waals surface area contributed by atoms with Crippen LogP contribution >= 0.6 is 11.6 Å². The van der Waals surface area contributed by atoms with Gasteiger partial charge in [-0.15, -0.1) is 0 Å². The van der Waals surface area contributed by atoms with E-state index in [0.29, 0.717) is 17.1 Å². The Kier molecular flexibility index (Phi) is 4.19. The average molecular weight is 349 g/mol. The minimum Gasteiger partial charge on any atom is -0.327 e. The molecule has 2 amide bonds. The van der Waals surface area contributed by atoms with Gasteiger partial charge in [0.1, 0.15) is 5.82 Å². The van der Waals surface area contributed by atoms with Crippen LogP contribution in [0.2, 0.25) is 5.02 Å². The summed E-state index contributed by atoms with van der Waals surface area (Å²) in [4.78, 5) is 37.3. The largest absolute Gasteiger partial charge is 0.332 e. The van der Waals surface area contributed by atoms with Crippen LogP contribution in [-0.4, -0.2) is 15.2 Å². The molecule has 24 heavy (non-hydrogen) atoms. The third kappa shape index (κ3) is 2.50. The highest BCUT2D eigenvalue weighted by molar-refractivity contribution is 6.30. The van der Waals surface area contributed by atoms with Gasteiger partial charge in [-0.2, -0.15) is 0 Å². The Morgan fingerprint density at radius 3 is 2.25 bits per heavy atom. The lowest BCUT2D eigenvalue weighted by Crippen LogP contribution is -2.50. The molecule has 1 aromatic heterocycles. The number of fused-ring (bicyclic) bond motifs is 1. The van der Waals surface area contributed by atoms with Gasteiger partial charge in [0.25, 0.3) is 5.56 Å². The number of amides is 2. The van der Waals surface area contributed by atoms with Crippen LogP contribution in [-0.2, 0) is 13.1 Å². The molecular formula is C16H17ClN4O3.